The Hall–Kier alpha value is -1.85. The largest absolute Gasteiger partial charge is 0.468 e. The summed E-state index contributed by atoms with van der Waals surface area (Å²) < 4.78 is 15.9. The Labute approximate surface area is 138 Å². The molecule has 0 fully saturated rings. The van der Waals surface area contributed by atoms with Crippen molar-refractivity contribution in [2.24, 2.45) is 0 Å². The van der Waals surface area contributed by atoms with Crippen molar-refractivity contribution < 1.29 is 19.0 Å². The van der Waals surface area contributed by atoms with Crippen LogP contribution in [0.1, 0.15) is 10.4 Å². The fraction of sp³-hybridized carbons (Fsp3) is 0.389. The zero-order valence-electron chi connectivity index (χ0n) is 14.2. The molecule has 0 heterocycles. The van der Waals surface area contributed by atoms with E-state index in [2.05, 4.69) is 19.6 Å². The highest BCUT2D eigenvalue weighted by atomic mass is 28.3. The van der Waals surface area contributed by atoms with Crippen LogP contribution in [-0.2, 0) is 9.47 Å². The zero-order valence-corrected chi connectivity index (χ0v) is 15.2. The average molecular weight is 332 g/mol. The molecule has 0 aliphatic carbocycles. The average Bonchev–Trinajstić information content (AvgIpc) is 2.52. The fourth-order valence-electron chi connectivity index (χ4n) is 2.11. The van der Waals surface area contributed by atoms with Crippen LogP contribution in [0.25, 0.3) is 10.8 Å². The molecule has 0 bridgehead atoms. The fourth-order valence-corrected chi connectivity index (χ4v) is 2.86. The Kier molecular flexibility index (Phi) is 5.79. The molecule has 2 rings (SSSR count). The predicted molar refractivity (Wildman–Crippen MR) is 94.9 cm³/mol. The molecule has 0 saturated heterocycles. The first kappa shape index (κ1) is 17.5. The quantitative estimate of drug-likeness (QED) is 0.328. The molecule has 23 heavy (non-hydrogen) atoms. The number of hydrogen-bond acceptors (Lipinski definition) is 4. The van der Waals surface area contributed by atoms with Crippen molar-refractivity contribution in [3.8, 4) is 5.75 Å². The van der Waals surface area contributed by atoms with Gasteiger partial charge in [0, 0.05) is 14.7 Å². The van der Waals surface area contributed by atoms with Crippen molar-refractivity contribution in [2.45, 2.75) is 25.7 Å². The molecule has 0 atom stereocenters. The standard InChI is InChI=1S/C18H24O4Si/c1-20-18(19)15-6-5-14-7-8-17(12-16(14)11-15)22-13-21-9-10-23(2,3)4/h5-8,11-12H,9-10,13H2,1-4H3. The van der Waals surface area contributed by atoms with Gasteiger partial charge in [0.1, 0.15) is 5.75 Å². The highest BCUT2D eigenvalue weighted by molar-refractivity contribution is 6.76. The van der Waals surface area contributed by atoms with Crippen molar-refractivity contribution in [1.82, 2.24) is 0 Å². The van der Waals surface area contributed by atoms with E-state index < -0.39 is 8.07 Å². The van der Waals surface area contributed by atoms with Crippen molar-refractivity contribution >= 4 is 24.8 Å². The molecule has 0 amide bonds. The summed E-state index contributed by atoms with van der Waals surface area (Å²) in [6, 6.07) is 12.4. The molecule has 0 unspecified atom stereocenters. The predicted octanol–water partition coefficient (Wildman–Crippen LogP) is 4.32. The first-order valence-corrected chi connectivity index (χ1v) is 11.4. The van der Waals surface area contributed by atoms with Crippen LogP contribution in [0.4, 0.5) is 0 Å². The minimum absolute atomic E-state index is 0.243. The third kappa shape index (κ3) is 5.37. The Bertz CT molecular complexity index is 676. The van der Waals surface area contributed by atoms with Gasteiger partial charge in [-0.1, -0.05) is 31.8 Å². The summed E-state index contributed by atoms with van der Waals surface area (Å²) in [5, 5.41) is 1.98. The lowest BCUT2D eigenvalue weighted by Gasteiger charge is -2.15. The number of methoxy groups -OCH3 is 1. The van der Waals surface area contributed by atoms with E-state index in [4.69, 9.17) is 14.2 Å². The van der Waals surface area contributed by atoms with Gasteiger partial charge in [0.2, 0.25) is 0 Å². The van der Waals surface area contributed by atoms with Gasteiger partial charge in [-0.2, -0.15) is 0 Å². The summed E-state index contributed by atoms with van der Waals surface area (Å²) in [4.78, 5) is 11.6. The van der Waals surface area contributed by atoms with Gasteiger partial charge < -0.3 is 14.2 Å². The van der Waals surface area contributed by atoms with Crippen LogP contribution in [0.3, 0.4) is 0 Å². The monoisotopic (exact) mass is 332 g/mol. The smallest absolute Gasteiger partial charge is 0.337 e. The van der Waals surface area contributed by atoms with Gasteiger partial charge in [-0.3, -0.25) is 0 Å². The topological polar surface area (TPSA) is 44.8 Å². The van der Waals surface area contributed by atoms with Crippen molar-refractivity contribution in [3.05, 3.63) is 42.0 Å². The van der Waals surface area contributed by atoms with Crippen molar-refractivity contribution in [2.75, 3.05) is 20.5 Å². The summed E-state index contributed by atoms with van der Waals surface area (Å²) in [7, 11) is 0.311. The van der Waals surface area contributed by atoms with E-state index in [1.807, 2.05) is 24.3 Å². The van der Waals surface area contributed by atoms with Crippen LogP contribution in [0.2, 0.25) is 25.7 Å². The minimum Gasteiger partial charge on any atom is -0.468 e. The number of benzene rings is 2. The number of fused-ring (bicyclic) bond motifs is 1. The molecule has 0 aromatic heterocycles. The number of esters is 1. The van der Waals surface area contributed by atoms with E-state index in [0.717, 1.165) is 29.2 Å². The second-order valence-corrected chi connectivity index (χ2v) is 12.3. The first-order chi connectivity index (χ1) is 10.9. The summed E-state index contributed by atoms with van der Waals surface area (Å²) >= 11 is 0. The SMILES string of the molecule is COC(=O)c1ccc2ccc(OCOCC[Si](C)(C)C)cc2c1. The van der Waals surface area contributed by atoms with Crippen LogP contribution >= 0.6 is 0 Å². The highest BCUT2D eigenvalue weighted by Gasteiger charge is 2.12. The third-order valence-corrected chi connectivity index (χ3v) is 5.24. The van der Waals surface area contributed by atoms with Crippen LogP contribution in [0.15, 0.2) is 36.4 Å². The maximum atomic E-state index is 11.6. The van der Waals surface area contributed by atoms with Crippen LogP contribution in [0, 0.1) is 0 Å². The van der Waals surface area contributed by atoms with Crippen molar-refractivity contribution in [1.29, 1.82) is 0 Å². The maximum absolute atomic E-state index is 11.6. The van der Waals surface area contributed by atoms with Gasteiger partial charge in [0.25, 0.3) is 0 Å². The van der Waals surface area contributed by atoms with Gasteiger partial charge >= 0.3 is 5.97 Å². The lowest BCUT2D eigenvalue weighted by atomic mass is 10.1. The second kappa shape index (κ2) is 7.61. The van der Waals surface area contributed by atoms with Crippen LogP contribution in [0.5, 0.6) is 5.75 Å². The number of rotatable bonds is 7. The molecule has 2 aromatic carbocycles. The molecule has 2 aromatic rings. The maximum Gasteiger partial charge on any atom is 0.337 e. The number of hydrogen-bond donors (Lipinski definition) is 0. The Morgan fingerprint density at radius 1 is 1.04 bits per heavy atom. The Morgan fingerprint density at radius 2 is 1.78 bits per heavy atom. The highest BCUT2D eigenvalue weighted by Crippen LogP contribution is 2.22. The number of ether oxygens (including phenoxy) is 3. The van der Waals surface area contributed by atoms with Gasteiger partial charge in [-0.25, -0.2) is 4.79 Å². The zero-order chi connectivity index (χ0) is 16.9. The van der Waals surface area contributed by atoms with E-state index in [1.165, 1.54) is 7.11 Å². The van der Waals surface area contributed by atoms with E-state index in [0.29, 0.717) is 5.56 Å². The molecule has 0 aliphatic rings. The van der Waals surface area contributed by atoms with Gasteiger partial charge in [0.15, 0.2) is 6.79 Å². The Morgan fingerprint density at radius 3 is 2.48 bits per heavy atom. The molecule has 124 valence electrons. The lowest BCUT2D eigenvalue weighted by molar-refractivity contribution is 0.0221. The molecular weight excluding hydrogens is 308 g/mol. The summed E-state index contributed by atoms with van der Waals surface area (Å²) in [6.45, 7) is 7.93. The summed E-state index contributed by atoms with van der Waals surface area (Å²) in [5.41, 5.74) is 0.531. The first-order valence-electron chi connectivity index (χ1n) is 7.72. The molecule has 0 aliphatic heterocycles. The number of carbonyl (C=O) groups is 1. The molecule has 0 radical (unpaired) electrons. The summed E-state index contributed by atoms with van der Waals surface area (Å²) in [5.74, 6) is 0.389. The van der Waals surface area contributed by atoms with Gasteiger partial charge in [-0.15, -0.1) is 0 Å². The molecule has 0 N–H and O–H groups in total. The van der Waals surface area contributed by atoms with Gasteiger partial charge in [-0.05, 0) is 41.1 Å². The molecular formula is C18H24O4Si. The van der Waals surface area contributed by atoms with E-state index >= 15 is 0 Å². The molecule has 5 heteroatoms. The molecule has 0 spiro atoms. The van der Waals surface area contributed by atoms with E-state index in [1.54, 1.807) is 12.1 Å². The summed E-state index contributed by atoms with van der Waals surface area (Å²) in [6.07, 6.45) is 0. The lowest BCUT2D eigenvalue weighted by Crippen LogP contribution is -2.22. The third-order valence-electron chi connectivity index (χ3n) is 3.54. The molecule has 4 nitrogen and oxygen atoms in total. The second-order valence-electron chi connectivity index (χ2n) is 6.70. The molecule has 0 saturated carbocycles. The van der Waals surface area contributed by atoms with E-state index in [-0.39, 0.29) is 12.8 Å². The van der Waals surface area contributed by atoms with E-state index in [9.17, 15) is 4.79 Å². The number of carbonyl (C=O) groups excluding carboxylic acids is 1. The Balaban J connectivity index is 1.97. The van der Waals surface area contributed by atoms with Crippen LogP contribution in [-0.4, -0.2) is 34.6 Å². The van der Waals surface area contributed by atoms with Crippen molar-refractivity contribution in [3.63, 3.8) is 0 Å². The van der Waals surface area contributed by atoms with Crippen LogP contribution < -0.4 is 4.74 Å². The van der Waals surface area contributed by atoms with Gasteiger partial charge in [0.05, 0.1) is 12.7 Å². The minimum atomic E-state index is -1.07. The normalized spacial score (nSPS) is 11.5.